The minimum Gasteiger partial charge on any atom is -0.538 e. The van der Waals surface area contributed by atoms with Gasteiger partial charge in [-0.3, -0.25) is 14.5 Å². The van der Waals surface area contributed by atoms with Crippen LogP contribution >= 0.6 is 0 Å². The number of nitrogens with zero attached hydrogens (tertiary/aromatic N) is 2. The van der Waals surface area contributed by atoms with E-state index in [0.29, 0.717) is 41.0 Å². The molecule has 10 nitrogen and oxygen atoms in total. The van der Waals surface area contributed by atoms with Crippen LogP contribution in [-0.4, -0.2) is 57.9 Å². The molecule has 4 N–H and O–H groups in total. The molecular formula is C31H39LiN4O6-2. The van der Waals surface area contributed by atoms with Crippen molar-refractivity contribution in [3.63, 3.8) is 0 Å². The average Bonchev–Trinajstić information content (AvgIpc) is 2.93. The molecule has 0 aromatic heterocycles. The van der Waals surface area contributed by atoms with Gasteiger partial charge in [0.25, 0.3) is 5.91 Å². The zero-order valence-corrected chi connectivity index (χ0v) is 25.3. The second-order valence-corrected chi connectivity index (χ2v) is 10.7. The first kappa shape index (κ1) is 34.9. The fraction of sp³-hybridized carbons (Fsp3) is 0.419. The monoisotopic (exact) mass is 570 g/mol. The minimum atomic E-state index is -1.34. The van der Waals surface area contributed by atoms with Crippen LogP contribution in [-0.2, 0) is 9.59 Å². The quantitative estimate of drug-likeness (QED) is 0.341. The number of carbonyl (C=O) groups excluding carboxylic acids is 3. The van der Waals surface area contributed by atoms with E-state index in [0.717, 1.165) is 0 Å². The number of aliphatic imine (C=N–C) groups is 1. The van der Waals surface area contributed by atoms with Crippen LogP contribution in [0.2, 0.25) is 0 Å². The number of carbonyl (C=O) groups is 2. The molecule has 0 saturated carbocycles. The number of amides is 2. The molecule has 3 heterocycles. The Morgan fingerprint density at radius 1 is 1.17 bits per heavy atom. The largest absolute Gasteiger partial charge is 1.00 e. The van der Waals surface area contributed by atoms with Crippen molar-refractivity contribution in [2.45, 2.75) is 75.8 Å². The van der Waals surface area contributed by atoms with Gasteiger partial charge in [-0.15, -0.1) is 0 Å². The molecule has 2 amide bonds. The average molecular weight is 571 g/mol. The molecule has 11 heteroatoms. The third-order valence-electron chi connectivity index (χ3n) is 8.09. The van der Waals surface area contributed by atoms with Gasteiger partial charge in [0.2, 0.25) is 5.91 Å². The van der Waals surface area contributed by atoms with Crippen LogP contribution < -0.4 is 39.4 Å². The second-order valence-electron chi connectivity index (χ2n) is 10.7. The molecule has 222 valence electrons. The summed E-state index contributed by atoms with van der Waals surface area (Å²) >= 11 is 0. The summed E-state index contributed by atoms with van der Waals surface area (Å²) in [6.07, 6.45) is 2.64. The van der Waals surface area contributed by atoms with Crippen molar-refractivity contribution >= 4 is 24.1 Å². The number of hydrogen-bond donors (Lipinski definition) is 3. The van der Waals surface area contributed by atoms with Gasteiger partial charge in [0, 0.05) is 22.8 Å². The number of para-hydroxylation sites is 1. The normalized spacial score (nSPS) is 25.3. The van der Waals surface area contributed by atoms with Crippen molar-refractivity contribution in [1.82, 2.24) is 10.2 Å². The minimum absolute atomic E-state index is 0. The van der Waals surface area contributed by atoms with Crippen LogP contribution in [0.4, 0.5) is 0 Å². The summed E-state index contributed by atoms with van der Waals surface area (Å²) in [7, 11) is 0. The maximum absolute atomic E-state index is 13.5. The van der Waals surface area contributed by atoms with E-state index in [1.807, 2.05) is 32.3 Å². The van der Waals surface area contributed by atoms with Crippen LogP contribution in [0, 0.1) is 14.9 Å². The van der Waals surface area contributed by atoms with Crippen molar-refractivity contribution in [3.05, 3.63) is 74.0 Å². The summed E-state index contributed by atoms with van der Waals surface area (Å²) in [5.41, 5.74) is 5.98. The predicted octanol–water partition coefficient (Wildman–Crippen LogP) is 0.613. The zero-order chi connectivity index (χ0) is 27.9. The van der Waals surface area contributed by atoms with Gasteiger partial charge in [0.1, 0.15) is 23.7 Å². The Hall–Kier alpha value is -3.32. The fourth-order valence-electron chi connectivity index (χ4n) is 5.67. The molecule has 0 aliphatic carbocycles. The van der Waals surface area contributed by atoms with Crippen molar-refractivity contribution in [2.24, 2.45) is 10.7 Å². The maximum Gasteiger partial charge on any atom is 1.00 e. The Morgan fingerprint density at radius 2 is 1.86 bits per heavy atom. The smallest absolute Gasteiger partial charge is 0.538 e. The summed E-state index contributed by atoms with van der Waals surface area (Å²) in [6.45, 7) is 5.58. The van der Waals surface area contributed by atoms with Gasteiger partial charge in [-0.25, -0.2) is 11.3 Å². The molecule has 5 rings (SSSR count). The molecule has 4 atom stereocenters. The Morgan fingerprint density at radius 3 is 2.50 bits per heavy atom. The van der Waals surface area contributed by atoms with Gasteiger partial charge >= 0.3 is 18.9 Å². The Labute approximate surface area is 260 Å². The fourth-order valence-corrected chi connectivity index (χ4v) is 5.67. The van der Waals surface area contributed by atoms with E-state index < -0.39 is 35.2 Å². The maximum atomic E-state index is 13.5. The van der Waals surface area contributed by atoms with E-state index in [2.05, 4.69) is 5.32 Å². The van der Waals surface area contributed by atoms with Crippen molar-refractivity contribution in [3.8, 4) is 11.5 Å². The third-order valence-corrected chi connectivity index (χ3v) is 8.09. The van der Waals surface area contributed by atoms with E-state index in [1.165, 1.54) is 4.90 Å². The second kappa shape index (κ2) is 13.3. The molecule has 2 aromatic carbocycles. The molecule has 0 spiro atoms. The van der Waals surface area contributed by atoms with Gasteiger partial charge in [0.05, 0.1) is 24.0 Å². The van der Waals surface area contributed by atoms with Crippen LogP contribution in [0.3, 0.4) is 0 Å². The molecule has 3 aliphatic heterocycles. The van der Waals surface area contributed by atoms with Crippen LogP contribution in [0.15, 0.2) is 47.5 Å². The van der Waals surface area contributed by atoms with Gasteiger partial charge in [-0.2, -0.15) is 0 Å². The van der Waals surface area contributed by atoms with Gasteiger partial charge in [-0.05, 0) is 50.5 Å². The standard InChI is InChI=1S/C29H33N4O6.2CH3.Li/c1-4-29(5-2)14-24(35)33(27(30)32-29)21-13-18(15-34)39-23-11-10-17(12-20(21)23)26(36)31-25-19-8-6-7-9-22(19)38-16-28(25,3)37;;;/h6-12,18,21,25,37H,4-5,13-14,16H2,1-3H3,(H2,30,32)(H,31,36);2*1H3;/q3*-1;+1/t18?,21?,25-,28-;;;/m1.../s1. The van der Waals surface area contributed by atoms with Gasteiger partial charge < -0.3 is 45.3 Å². The number of nitrogens with two attached hydrogens (primary N) is 1. The molecule has 0 fully saturated rings. The Bertz CT molecular complexity index is 1340. The van der Waals surface area contributed by atoms with Gasteiger partial charge in [0.15, 0.2) is 5.96 Å². The summed E-state index contributed by atoms with van der Waals surface area (Å²) in [5, 5.41) is 14.0. The van der Waals surface area contributed by atoms with Crippen LogP contribution in [0.5, 0.6) is 11.5 Å². The molecular weight excluding hydrogens is 531 g/mol. The predicted molar refractivity (Wildman–Crippen MR) is 156 cm³/mol. The van der Waals surface area contributed by atoms with E-state index in [-0.39, 0.29) is 65.0 Å². The van der Waals surface area contributed by atoms with E-state index >= 15 is 0 Å². The topological polar surface area (TPSA) is 144 Å². The summed E-state index contributed by atoms with van der Waals surface area (Å²) in [4.78, 5) is 44.6. The Balaban J connectivity index is 0.00000205. The Kier molecular flexibility index (Phi) is 11.1. The summed E-state index contributed by atoms with van der Waals surface area (Å²) < 4.78 is 11.5. The molecule has 2 unspecified atom stereocenters. The van der Waals surface area contributed by atoms with Crippen molar-refractivity contribution < 1.29 is 47.8 Å². The number of benzene rings is 2. The molecule has 0 radical (unpaired) electrons. The van der Waals surface area contributed by atoms with Crippen LogP contribution in [0.25, 0.3) is 0 Å². The molecule has 3 aliphatic rings. The summed E-state index contributed by atoms with van der Waals surface area (Å²) in [6, 6.07) is 10.7. The number of ether oxygens (including phenoxy) is 2. The molecule has 42 heavy (non-hydrogen) atoms. The van der Waals surface area contributed by atoms with Crippen LogP contribution in [0.1, 0.15) is 80.0 Å². The van der Waals surface area contributed by atoms with E-state index in [9.17, 15) is 19.5 Å². The molecule has 2 aromatic rings. The van der Waals surface area contributed by atoms with E-state index in [4.69, 9.17) is 20.2 Å². The van der Waals surface area contributed by atoms with Crippen molar-refractivity contribution in [2.75, 3.05) is 6.61 Å². The summed E-state index contributed by atoms with van der Waals surface area (Å²) in [5.74, 6) is 0.423. The zero-order valence-electron chi connectivity index (χ0n) is 25.3. The van der Waals surface area contributed by atoms with Gasteiger partial charge in [-0.1, -0.05) is 32.0 Å². The first-order valence-corrected chi connectivity index (χ1v) is 13.2. The first-order chi connectivity index (χ1) is 18.6. The third kappa shape index (κ3) is 6.21. The number of fused-ring (bicyclic) bond motifs is 2. The molecule has 0 saturated heterocycles. The molecule has 0 bridgehead atoms. The number of aliphatic hydroxyl groups is 1. The van der Waals surface area contributed by atoms with Crippen molar-refractivity contribution in [1.29, 1.82) is 0 Å². The number of rotatable bonds is 6. The number of nitrogens with one attached hydrogen (secondary N) is 1. The number of guanidine groups is 1. The number of hydrogen-bond acceptors (Lipinski definition) is 8. The SMILES string of the molecule is CCC1(CC)CC(=O)N(C2CC([C-]=O)Oc3ccc(C(=O)N[C@@H]4c5ccccc5OC[C@@]4(C)O)cc32)C(N)=N1.[CH3-].[CH3-].[Li+]. The van der Waals surface area contributed by atoms with E-state index in [1.54, 1.807) is 37.3 Å². The first-order valence-electron chi connectivity index (χ1n) is 13.2.